The van der Waals surface area contributed by atoms with Crippen LogP contribution in [0.4, 0.5) is 11.4 Å². The fourth-order valence-electron chi connectivity index (χ4n) is 1.76. The molecule has 0 fully saturated rings. The maximum Gasteiger partial charge on any atom is 0.262 e. The Bertz CT molecular complexity index is 717. The zero-order valence-electron chi connectivity index (χ0n) is 12.6. The summed E-state index contributed by atoms with van der Waals surface area (Å²) in [4.78, 5) is 13.7. The smallest absolute Gasteiger partial charge is 0.262 e. The number of halogens is 1. The average molecular weight is 349 g/mol. The predicted molar refractivity (Wildman–Crippen MR) is 97.1 cm³/mol. The molecule has 3 N–H and O–H groups in total. The van der Waals surface area contributed by atoms with Crippen molar-refractivity contribution in [2.75, 3.05) is 17.7 Å². The number of ether oxygens (including phenoxy) is 1. The molecular formula is C17H17ClN2O2S. The Balaban J connectivity index is 1.94. The van der Waals surface area contributed by atoms with Gasteiger partial charge in [0.2, 0.25) is 0 Å². The number of nitrogens with one attached hydrogen (secondary N) is 1. The van der Waals surface area contributed by atoms with Crippen LogP contribution in [0.5, 0.6) is 5.75 Å². The molecule has 0 radical (unpaired) electrons. The van der Waals surface area contributed by atoms with Crippen molar-refractivity contribution >= 4 is 40.6 Å². The quantitative estimate of drug-likeness (QED) is 0.593. The minimum atomic E-state index is -0.254. The topological polar surface area (TPSA) is 64.3 Å². The maximum absolute atomic E-state index is 12.0. The Morgan fingerprint density at radius 3 is 2.65 bits per heavy atom. The van der Waals surface area contributed by atoms with Crippen molar-refractivity contribution in [3.63, 3.8) is 0 Å². The van der Waals surface area contributed by atoms with E-state index in [4.69, 9.17) is 22.1 Å². The molecule has 2 aromatic rings. The number of nitrogens with two attached hydrogens (primary N) is 1. The monoisotopic (exact) mass is 348 g/mol. The van der Waals surface area contributed by atoms with Crippen LogP contribution < -0.4 is 15.8 Å². The number of amides is 1. The molecule has 6 heteroatoms. The summed E-state index contributed by atoms with van der Waals surface area (Å²) in [6.45, 7) is 5.65. The molecule has 0 heterocycles. The number of benzene rings is 2. The van der Waals surface area contributed by atoms with Crippen LogP contribution in [0.15, 0.2) is 58.8 Å². The lowest BCUT2D eigenvalue weighted by Crippen LogP contribution is -2.20. The number of allylic oxidation sites excluding steroid dienone is 1. The number of carbonyl (C=O) groups excluding carboxylic acids is 1. The van der Waals surface area contributed by atoms with Crippen molar-refractivity contribution in [1.29, 1.82) is 0 Å². The second-order valence-corrected chi connectivity index (χ2v) is 6.62. The molecule has 0 spiro atoms. The van der Waals surface area contributed by atoms with Crippen molar-refractivity contribution in [3.05, 3.63) is 59.0 Å². The van der Waals surface area contributed by atoms with Crippen LogP contribution in [0.1, 0.15) is 6.92 Å². The van der Waals surface area contributed by atoms with Crippen molar-refractivity contribution in [2.24, 2.45) is 0 Å². The summed E-state index contributed by atoms with van der Waals surface area (Å²) in [6.07, 6.45) is 0. The highest BCUT2D eigenvalue weighted by molar-refractivity contribution is 8.03. The Morgan fingerprint density at radius 2 is 2.00 bits per heavy atom. The second kappa shape index (κ2) is 7.94. The highest BCUT2D eigenvalue weighted by Crippen LogP contribution is 2.32. The van der Waals surface area contributed by atoms with Gasteiger partial charge in [-0.3, -0.25) is 4.79 Å². The van der Waals surface area contributed by atoms with E-state index < -0.39 is 0 Å². The van der Waals surface area contributed by atoms with Gasteiger partial charge < -0.3 is 15.8 Å². The number of rotatable bonds is 6. The number of hydrogen-bond acceptors (Lipinski definition) is 4. The Kier molecular flexibility index (Phi) is 5.96. The lowest BCUT2D eigenvalue weighted by Gasteiger charge is -2.10. The molecule has 0 bridgehead atoms. The van der Waals surface area contributed by atoms with Gasteiger partial charge in [0.05, 0.1) is 0 Å². The third-order valence-corrected chi connectivity index (χ3v) is 3.94. The van der Waals surface area contributed by atoms with Crippen LogP contribution in [-0.2, 0) is 4.79 Å². The molecule has 2 rings (SSSR count). The molecular weight excluding hydrogens is 332 g/mol. The van der Waals surface area contributed by atoms with Gasteiger partial charge in [0.25, 0.3) is 5.91 Å². The van der Waals surface area contributed by atoms with Gasteiger partial charge in [0.15, 0.2) is 6.61 Å². The van der Waals surface area contributed by atoms with Crippen LogP contribution in [0.25, 0.3) is 0 Å². The van der Waals surface area contributed by atoms with Gasteiger partial charge >= 0.3 is 0 Å². The summed E-state index contributed by atoms with van der Waals surface area (Å²) in [6, 6.07) is 12.1. The summed E-state index contributed by atoms with van der Waals surface area (Å²) in [7, 11) is 0. The van der Waals surface area contributed by atoms with Gasteiger partial charge in [-0.05, 0) is 54.3 Å². The van der Waals surface area contributed by atoms with Gasteiger partial charge in [-0.25, -0.2) is 0 Å². The van der Waals surface area contributed by atoms with Crippen LogP contribution in [0.2, 0.25) is 5.02 Å². The highest BCUT2D eigenvalue weighted by Gasteiger charge is 2.07. The summed E-state index contributed by atoms with van der Waals surface area (Å²) < 4.78 is 5.40. The minimum absolute atomic E-state index is 0.0883. The molecule has 0 aliphatic rings. The lowest BCUT2D eigenvalue weighted by atomic mass is 10.3. The summed E-state index contributed by atoms with van der Waals surface area (Å²) in [5.74, 6) is 0.330. The number of carbonyl (C=O) groups is 1. The van der Waals surface area contributed by atoms with E-state index in [2.05, 4.69) is 11.9 Å². The molecule has 0 unspecified atom stereocenters. The van der Waals surface area contributed by atoms with E-state index in [-0.39, 0.29) is 12.5 Å². The Hall–Kier alpha value is -2.11. The van der Waals surface area contributed by atoms with Crippen LogP contribution in [0.3, 0.4) is 0 Å². The van der Waals surface area contributed by atoms with Crippen LogP contribution in [0, 0.1) is 0 Å². The highest BCUT2D eigenvalue weighted by atomic mass is 35.5. The van der Waals surface area contributed by atoms with Crippen molar-refractivity contribution in [1.82, 2.24) is 0 Å². The van der Waals surface area contributed by atoms with Gasteiger partial charge in [-0.1, -0.05) is 29.9 Å². The van der Waals surface area contributed by atoms with Crippen molar-refractivity contribution in [2.45, 2.75) is 11.8 Å². The molecule has 120 valence electrons. The van der Waals surface area contributed by atoms with E-state index in [0.717, 1.165) is 9.80 Å². The third-order valence-electron chi connectivity index (χ3n) is 2.77. The van der Waals surface area contributed by atoms with E-state index in [1.807, 2.05) is 13.0 Å². The summed E-state index contributed by atoms with van der Waals surface area (Å²) >= 11 is 7.26. The molecule has 0 aromatic heterocycles. The van der Waals surface area contributed by atoms with E-state index in [1.54, 1.807) is 36.4 Å². The number of hydrogen-bond donors (Lipinski definition) is 2. The van der Waals surface area contributed by atoms with Crippen LogP contribution >= 0.6 is 23.4 Å². The second-order valence-electron chi connectivity index (χ2n) is 4.85. The molecule has 2 aromatic carbocycles. The Labute approximate surface area is 144 Å². The summed E-state index contributed by atoms with van der Waals surface area (Å²) in [5, 5.41) is 3.39. The SMILES string of the molecule is C=C(C)Sc1cc(NC(=O)COc2ccc(Cl)cc2)ccc1N. The molecule has 1 amide bonds. The van der Waals surface area contributed by atoms with Crippen molar-refractivity contribution < 1.29 is 9.53 Å². The number of nitrogen functional groups attached to an aromatic ring is 1. The van der Waals surface area contributed by atoms with E-state index in [0.29, 0.717) is 22.1 Å². The molecule has 0 saturated carbocycles. The van der Waals surface area contributed by atoms with E-state index in [1.165, 1.54) is 11.8 Å². The van der Waals surface area contributed by atoms with Crippen LogP contribution in [-0.4, -0.2) is 12.5 Å². The first-order chi connectivity index (χ1) is 10.9. The lowest BCUT2D eigenvalue weighted by molar-refractivity contribution is -0.118. The normalized spacial score (nSPS) is 10.2. The molecule has 0 atom stereocenters. The average Bonchev–Trinajstić information content (AvgIpc) is 2.49. The molecule has 0 saturated heterocycles. The van der Waals surface area contributed by atoms with Crippen molar-refractivity contribution in [3.8, 4) is 5.75 Å². The number of anilines is 2. The summed E-state index contributed by atoms with van der Waals surface area (Å²) in [5.41, 5.74) is 7.21. The molecule has 23 heavy (non-hydrogen) atoms. The maximum atomic E-state index is 12.0. The number of thioether (sulfide) groups is 1. The zero-order chi connectivity index (χ0) is 16.8. The zero-order valence-corrected chi connectivity index (χ0v) is 14.2. The fraction of sp³-hybridized carbons (Fsp3) is 0.118. The Morgan fingerprint density at radius 1 is 1.30 bits per heavy atom. The molecule has 0 aliphatic heterocycles. The first kappa shape index (κ1) is 17.2. The van der Waals surface area contributed by atoms with E-state index >= 15 is 0 Å². The largest absolute Gasteiger partial charge is 0.484 e. The molecule has 0 aliphatic carbocycles. The first-order valence-electron chi connectivity index (χ1n) is 6.85. The first-order valence-corrected chi connectivity index (χ1v) is 8.04. The van der Waals surface area contributed by atoms with Gasteiger partial charge in [-0.2, -0.15) is 0 Å². The van der Waals surface area contributed by atoms with E-state index in [9.17, 15) is 4.79 Å². The van der Waals surface area contributed by atoms with Gasteiger partial charge in [0, 0.05) is 21.3 Å². The standard InChI is InChI=1S/C17H17ClN2O2S/c1-11(2)23-16-9-13(5-8-15(16)19)20-17(21)10-22-14-6-3-12(18)4-7-14/h3-9H,1,10,19H2,2H3,(H,20,21). The fourth-order valence-corrected chi connectivity index (χ4v) is 2.64. The van der Waals surface area contributed by atoms with Gasteiger partial charge in [-0.15, -0.1) is 0 Å². The minimum Gasteiger partial charge on any atom is -0.484 e. The predicted octanol–water partition coefficient (Wildman–Crippen LogP) is 4.57. The third kappa shape index (κ3) is 5.54. The van der Waals surface area contributed by atoms with Gasteiger partial charge in [0.1, 0.15) is 5.75 Å². The molecule has 4 nitrogen and oxygen atoms in total.